The van der Waals surface area contributed by atoms with Crippen LogP contribution < -0.4 is 5.32 Å². The molecule has 0 saturated carbocycles. The van der Waals surface area contributed by atoms with E-state index in [1.54, 1.807) is 18.3 Å². The molecular weight excluding hydrogens is 260 g/mol. The van der Waals surface area contributed by atoms with Crippen molar-refractivity contribution < 1.29 is 5.11 Å². The van der Waals surface area contributed by atoms with Crippen molar-refractivity contribution in [2.75, 3.05) is 11.9 Å². The van der Waals surface area contributed by atoms with Crippen molar-refractivity contribution in [2.24, 2.45) is 0 Å². The Morgan fingerprint density at radius 3 is 2.71 bits per heavy atom. The average Bonchev–Trinajstić information content (AvgIpc) is 2.53. The molecule has 0 bridgehead atoms. The molecule has 0 aliphatic rings. The average molecular weight is 278 g/mol. The summed E-state index contributed by atoms with van der Waals surface area (Å²) >= 11 is 0. The van der Waals surface area contributed by atoms with Gasteiger partial charge in [0, 0.05) is 18.1 Å². The van der Waals surface area contributed by atoms with Crippen molar-refractivity contribution in [3.05, 3.63) is 66.4 Å². The summed E-state index contributed by atoms with van der Waals surface area (Å²) < 4.78 is 0. The molecule has 3 rings (SSSR count). The van der Waals surface area contributed by atoms with Crippen molar-refractivity contribution in [1.29, 1.82) is 0 Å². The van der Waals surface area contributed by atoms with Gasteiger partial charge in [0.2, 0.25) is 0 Å². The fraction of sp³-hybridized carbons (Fsp3) is 0.167. The van der Waals surface area contributed by atoms with Crippen molar-refractivity contribution in [3.8, 4) is 5.75 Å². The molecule has 21 heavy (non-hydrogen) atoms. The van der Waals surface area contributed by atoms with Crippen LogP contribution in [0.25, 0.3) is 10.8 Å². The van der Waals surface area contributed by atoms with E-state index in [2.05, 4.69) is 41.5 Å². The highest BCUT2D eigenvalue weighted by molar-refractivity contribution is 5.92. The molecule has 1 atom stereocenters. The summed E-state index contributed by atoms with van der Waals surface area (Å²) in [5, 5.41) is 15.1. The van der Waals surface area contributed by atoms with Gasteiger partial charge in [0.25, 0.3) is 0 Å². The van der Waals surface area contributed by atoms with Gasteiger partial charge < -0.3 is 10.4 Å². The lowest BCUT2D eigenvalue weighted by atomic mass is 10.0. The zero-order valence-electron chi connectivity index (χ0n) is 12.0. The maximum atomic E-state index is 9.65. The van der Waals surface area contributed by atoms with Crippen LogP contribution in [0.4, 0.5) is 5.82 Å². The zero-order valence-corrected chi connectivity index (χ0v) is 12.0. The number of nitrogens with one attached hydrogen (secondary N) is 1. The van der Waals surface area contributed by atoms with E-state index in [4.69, 9.17) is 0 Å². The van der Waals surface area contributed by atoms with Crippen LogP contribution in [0.2, 0.25) is 0 Å². The highest BCUT2D eigenvalue weighted by atomic mass is 16.3. The first-order valence-corrected chi connectivity index (χ1v) is 7.10. The SMILES string of the molecule is CC(CNc1nccc2ccc(O)cc12)c1ccccc1. The molecule has 1 heterocycles. The summed E-state index contributed by atoms with van der Waals surface area (Å²) in [5.41, 5.74) is 1.30. The van der Waals surface area contributed by atoms with Crippen molar-refractivity contribution >= 4 is 16.6 Å². The lowest BCUT2D eigenvalue weighted by Gasteiger charge is -2.14. The van der Waals surface area contributed by atoms with E-state index in [-0.39, 0.29) is 5.75 Å². The first-order chi connectivity index (χ1) is 10.2. The van der Waals surface area contributed by atoms with E-state index < -0.39 is 0 Å². The third-order valence-corrected chi connectivity index (χ3v) is 3.69. The lowest BCUT2D eigenvalue weighted by molar-refractivity contribution is 0.476. The van der Waals surface area contributed by atoms with Crippen LogP contribution in [-0.4, -0.2) is 16.6 Å². The fourth-order valence-electron chi connectivity index (χ4n) is 2.45. The van der Waals surface area contributed by atoms with Gasteiger partial charge in [0.1, 0.15) is 11.6 Å². The van der Waals surface area contributed by atoms with Gasteiger partial charge in [-0.3, -0.25) is 0 Å². The molecule has 1 aromatic heterocycles. The number of benzene rings is 2. The second-order valence-electron chi connectivity index (χ2n) is 5.26. The Morgan fingerprint density at radius 1 is 1.10 bits per heavy atom. The smallest absolute Gasteiger partial charge is 0.133 e. The van der Waals surface area contributed by atoms with Crippen molar-refractivity contribution in [3.63, 3.8) is 0 Å². The third kappa shape index (κ3) is 2.97. The number of rotatable bonds is 4. The highest BCUT2D eigenvalue weighted by Crippen LogP contribution is 2.25. The molecule has 3 nitrogen and oxygen atoms in total. The number of fused-ring (bicyclic) bond motifs is 1. The second-order valence-corrected chi connectivity index (χ2v) is 5.26. The molecule has 0 spiro atoms. The third-order valence-electron chi connectivity index (χ3n) is 3.69. The molecule has 3 heteroatoms. The number of phenols is 1. The minimum atomic E-state index is 0.259. The molecule has 1 unspecified atom stereocenters. The van der Waals surface area contributed by atoms with Gasteiger partial charge in [-0.15, -0.1) is 0 Å². The van der Waals surface area contributed by atoms with Crippen LogP contribution in [0.3, 0.4) is 0 Å². The normalized spacial score (nSPS) is 12.2. The molecule has 2 aromatic carbocycles. The summed E-state index contributed by atoms with van der Waals surface area (Å²) in [5.74, 6) is 1.46. The molecular formula is C18H18N2O. The molecule has 0 fully saturated rings. The van der Waals surface area contributed by atoms with Crippen LogP contribution in [-0.2, 0) is 0 Å². The number of aromatic nitrogens is 1. The number of hydrogen-bond acceptors (Lipinski definition) is 3. The fourth-order valence-corrected chi connectivity index (χ4v) is 2.45. The largest absolute Gasteiger partial charge is 0.508 e. The molecule has 0 aliphatic carbocycles. The van der Waals surface area contributed by atoms with Crippen molar-refractivity contribution in [1.82, 2.24) is 4.98 Å². The molecule has 3 aromatic rings. The zero-order chi connectivity index (χ0) is 14.7. The van der Waals surface area contributed by atoms with Crippen molar-refractivity contribution in [2.45, 2.75) is 12.8 Å². The quantitative estimate of drug-likeness (QED) is 0.753. The standard InChI is InChI=1S/C18H18N2O/c1-13(14-5-3-2-4-6-14)12-20-18-17-11-16(21)8-7-15(17)9-10-19-18/h2-11,13,21H,12H2,1H3,(H,19,20). The Balaban J connectivity index is 1.81. The lowest BCUT2D eigenvalue weighted by Crippen LogP contribution is -2.11. The van der Waals surface area contributed by atoms with E-state index in [1.807, 2.05) is 18.2 Å². The Bertz CT molecular complexity index is 741. The Kier molecular flexibility index (Phi) is 3.73. The molecule has 2 N–H and O–H groups in total. The maximum absolute atomic E-state index is 9.65. The number of pyridine rings is 1. The number of anilines is 1. The van der Waals surface area contributed by atoms with Gasteiger partial charge in [-0.05, 0) is 35.1 Å². The highest BCUT2D eigenvalue weighted by Gasteiger charge is 2.07. The topological polar surface area (TPSA) is 45.2 Å². The second kappa shape index (κ2) is 5.83. The predicted molar refractivity (Wildman–Crippen MR) is 86.8 cm³/mol. The maximum Gasteiger partial charge on any atom is 0.133 e. The Labute approximate surface area is 124 Å². The van der Waals surface area contributed by atoms with Crippen LogP contribution >= 0.6 is 0 Å². The van der Waals surface area contributed by atoms with E-state index in [0.29, 0.717) is 5.92 Å². The first kappa shape index (κ1) is 13.4. The first-order valence-electron chi connectivity index (χ1n) is 7.10. The van der Waals surface area contributed by atoms with Crippen LogP contribution in [0, 0.1) is 0 Å². The van der Waals surface area contributed by atoms with Crippen LogP contribution in [0.1, 0.15) is 18.4 Å². The summed E-state index contributed by atoms with van der Waals surface area (Å²) in [4.78, 5) is 4.39. The molecule has 0 aliphatic heterocycles. The van der Waals surface area contributed by atoms with Gasteiger partial charge in [-0.2, -0.15) is 0 Å². The minimum Gasteiger partial charge on any atom is -0.508 e. The van der Waals surface area contributed by atoms with E-state index in [9.17, 15) is 5.11 Å². The number of hydrogen-bond donors (Lipinski definition) is 2. The van der Waals surface area contributed by atoms with Gasteiger partial charge in [0.15, 0.2) is 0 Å². The Hall–Kier alpha value is -2.55. The van der Waals surface area contributed by atoms with Gasteiger partial charge in [-0.25, -0.2) is 4.98 Å². The van der Waals surface area contributed by atoms with Crippen LogP contribution in [0.5, 0.6) is 5.75 Å². The molecule has 0 saturated heterocycles. The van der Waals surface area contributed by atoms with Gasteiger partial charge in [0.05, 0.1) is 0 Å². The summed E-state index contributed by atoms with van der Waals surface area (Å²) in [6.07, 6.45) is 1.79. The Morgan fingerprint density at radius 2 is 1.90 bits per heavy atom. The monoisotopic (exact) mass is 278 g/mol. The van der Waals surface area contributed by atoms with Gasteiger partial charge >= 0.3 is 0 Å². The number of nitrogens with zero attached hydrogens (tertiary/aromatic N) is 1. The minimum absolute atomic E-state index is 0.259. The molecule has 0 amide bonds. The summed E-state index contributed by atoms with van der Waals surface area (Å²) in [6.45, 7) is 2.98. The predicted octanol–water partition coefficient (Wildman–Crippen LogP) is 4.16. The van der Waals surface area contributed by atoms with Crippen LogP contribution in [0.15, 0.2) is 60.8 Å². The molecule has 0 radical (unpaired) electrons. The van der Waals surface area contributed by atoms with E-state index >= 15 is 0 Å². The van der Waals surface area contributed by atoms with Gasteiger partial charge in [-0.1, -0.05) is 43.3 Å². The number of phenolic OH excluding ortho intramolecular Hbond substituents is 1. The van der Waals surface area contributed by atoms with E-state index in [0.717, 1.165) is 23.1 Å². The summed E-state index contributed by atoms with van der Waals surface area (Å²) in [6, 6.07) is 17.7. The number of aromatic hydroxyl groups is 1. The van der Waals surface area contributed by atoms with E-state index in [1.165, 1.54) is 5.56 Å². The summed E-state index contributed by atoms with van der Waals surface area (Å²) in [7, 11) is 0. The molecule has 106 valence electrons.